The van der Waals surface area contributed by atoms with E-state index < -0.39 is 0 Å². The van der Waals surface area contributed by atoms with Gasteiger partial charge in [-0.15, -0.1) is 0 Å². The van der Waals surface area contributed by atoms with Gasteiger partial charge < -0.3 is 5.32 Å². The number of hydrogen-bond acceptors (Lipinski definition) is 2. The molecule has 1 aliphatic heterocycles. The molecule has 1 aromatic carbocycles. The standard InChI is InChI=1S/C20H23Cl2FN2/c1-12-9-15(20(22)16(21)10-12)18(25-19-7-4-8-24-19)11-14-5-3-6-17(23)13(14)2/h3,5-6,10,12,18H,4,7-9,11H2,1-2H3,(H,24,25). The maximum absolute atomic E-state index is 14.0. The van der Waals surface area contributed by atoms with E-state index in [0.29, 0.717) is 28.0 Å². The van der Waals surface area contributed by atoms with Crippen LogP contribution < -0.4 is 5.32 Å². The number of benzene rings is 1. The maximum atomic E-state index is 14.0. The van der Waals surface area contributed by atoms with Crippen molar-refractivity contribution >= 4 is 29.0 Å². The van der Waals surface area contributed by atoms with Crippen LogP contribution in [0.15, 0.2) is 44.9 Å². The van der Waals surface area contributed by atoms with Crippen LogP contribution in [0.25, 0.3) is 0 Å². The highest BCUT2D eigenvalue weighted by atomic mass is 35.5. The zero-order valence-corrected chi connectivity index (χ0v) is 16.1. The predicted octanol–water partition coefficient (Wildman–Crippen LogP) is 5.48. The largest absolute Gasteiger partial charge is 0.367 e. The lowest BCUT2D eigenvalue weighted by Gasteiger charge is -2.29. The van der Waals surface area contributed by atoms with Gasteiger partial charge in [-0.1, -0.05) is 48.3 Å². The average molecular weight is 381 g/mol. The van der Waals surface area contributed by atoms with Crippen molar-refractivity contribution in [2.24, 2.45) is 10.9 Å². The van der Waals surface area contributed by atoms with Crippen LogP contribution in [-0.4, -0.2) is 18.4 Å². The van der Waals surface area contributed by atoms with Crippen LogP contribution >= 0.6 is 23.2 Å². The minimum Gasteiger partial charge on any atom is -0.367 e. The zero-order chi connectivity index (χ0) is 18.0. The molecule has 0 radical (unpaired) electrons. The molecule has 0 bridgehead atoms. The summed E-state index contributed by atoms with van der Waals surface area (Å²) >= 11 is 12.9. The van der Waals surface area contributed by atoms with Gasteiger partial charge in [-0.05, 0) is 54.9 Å². The molecule has 1 aromatic rings. The summed E-state index contributed by atoms with van der Waals surface area (Å²) in [6.45, 7) is 4.81. The Balaban J connectivity index is 1.93. The Morgan fingerprint density at radius 2 is 2.16 bits per heavy atom. The van der Waals surface area contributed by atoms with Gasteiger partial charge in [0.15, 0.2) is 0 Å². The number of nitrogens with zero attached hydrogens (tertiary/aromatic N) is 1. The number of allylic oxidation sites excluding steroid dienone is 3. The first kappa shape index (κ1) is 18.5. The van der Waals surface area contributed by atoms with Crippen LogP contribution in [0.2, 0.25) is 0 Å². The van der Waals surface area contributed by atoms with Gasteiger partial charge in [0.25, 0.3) is 0 Å². The maximum Gasteiger partial charge on any atom is 0.126 e. The van der Waals surface area contributed by atoms with Gasteiger partial charge in [0, 0.05) is 13.0 Å². The van der Waals surface area contributed by atoms with Crippen molar-refractivity contribution in [3.05, 3.63) is 56.9 Å². The molecular weight excluding hydrogens is 358 g/mol. The van der Waals surface area contributed by atoms with E-state index in [9.17, 15) is 4.39 Å². The molecule has 3 rings (SSSR count). The third-order valence-corrected chi connectivity index (χ3v) is 5.76. The van der Waals surface area contributed by atoms with E-state index in [4.69, 9.17) is 23.2 Å². The van der Waals surface area contributed by atoms with E-state index in [1.165, 1.54) is 6.07 Å². The summed E-state index contributed by atoms with van der Waals surface area (Å²) in [7, 11) is 0. The van der Waals surface area contributed by atoms with E-state index in [-0.39, 0.29) is 11.9 Å². The van der Waals surface area contributed by atoms with Crippen molar-refractivity contribution in [1.29, 1.82) is 0 Å². The molecule has 0 aromatic heterocycles. The molecule has 2 atom stereocenters. The lowest BCUT2D eigenvalue weighted by molar-refractivity contribution is 0.584. The minimum atomic E-state index is -0.176. The van der Waals surface area contributed by atoms with Gasteiger partial charge in [-0.3, -0.25) is 4.99 Å². The SMILES string of the molecule is Cc1c(F)cccc1CC(NC1=NCCC1)C1=C(Cl)C(Cl)=CC(C)C1. The molecule has 134 valence electrons. The minimum absolute atomic E-state index is 0.0326. The molecule has 2 unspecified atom stereocenters. The highest BCUT2D eigenvalue weighted by Gasteiger charge is 2.26. The molecule has 0 spiro atoms. The molecule has 0 saturated carbocycles. The molecule has 2 aliphatic rings. The zero-order valence-electron chi connectivity index (χ0n) is 14.6. The van der Waals surface area contributed by atoms with E-state index in [0.717, 1.165) is 42.8 Å². The molecule has 1 heterocycles. The number of nitrogens with one attached hydrogen (secondary N) is 1. The molecule has 0 amide bonds. The molecule has 2 nitrogen and oxygen atoms in total. The van der Waals surface area contributed by atoms with Crippen LogP contribution in [0.3, 0.4) is 0 Å². The van der Waals surface area contributed by atoms with Gasteiger partial charge >= 0.3 is 0 Å². The van der Waals surface area contributed by atoms with Crippen LogP contribution in [0.4, 0.5) is 4.39 Å². The monoisotopic (exact) mass is 380 g/mol. The lowest BCUT2D eigenvalue weighted by atomic mass is 9.87. The van der Waals surface area contributed by atoms with Crippen LogP contribution in [0.1, 0.15) is 37.3 Å². The molecule has 5 heteroatoms. The smallest absolute Gasteiger partial charge is 0.126 e. The first-order chi connectivity index (χ1) is 12.0. The first-order valence-electron chi connectivity index (χ1n) is 8.75. The van der Waals surface area contributed by atoms with Crippen molar-refractivity contribution in [2.75, 3.05) is 6.54 Å². The molecule has 1 N–H and O–H groups in total. The molecule has 25 heavy (non-hydrogen) atoms. The van der Waals surface area contributed by atoms with Crippen LogP contribution in [0, 0.1) is 18.7 Å². The average Bonchev–Trinajstić information content (AvgIpc) is 3.07. The Hall–Kier alpha value is -1.32. The lowest BCUT2D eigenvalue weighted by Crippen LogP contribution is -2.38. The van der Waals surface area contributed by atoms with E-state index in [2.05, 4.69) is 17.2 Å². The summed E-state index contributed by atoms with van der Waals surface area (Å²) in [5.41, 5.74) is 2.75. The van der Waals surface area contributed by atoms with Crippen molar-refractivity contribution in [3.8, 4) is 0 Å². The highest BCUT2D eigenvalue weighted by Crippen LogP contribution is 2.36. The van der Waals surface area contributed by atoms with Crippen molar-refractivity contribution in [2.45, 2.75) is 45.6 Å². The van der Waals surface area contributed by atoms with Crippen LogP contribution in [-0.2, 0) is 6.42 Å². The summed E-state index contributed by atoms with van der Waals surface area (Å²) in [4.78, 5) is 4.53. The van der Waals surface area contributed by atoms with Crippen LogP contribution in [0.5, 0.6) is 0 Å². The number of aliphatic imine (C=N–C) groups is 1. The fourth-order valence-electron chi connectivity index (χ4n) is 3.48. The topological polar surface area (TPSA) is 24.4 Å². The fourth-order valence-corrected chi connectivity index (χ4v) is 4.09. The van der Waals surface area contributed by atoms with Gasteiger partial charge in [0.2, 0.25) is 0 Å². The van der Waals surface area contributed by atoms with Gasteiger partial charge in [-0.25, -0.2) is 4.39 Å². The Morgan fingerprint density at radius 3 is 2.88 bits per heavy atom. The predicted molar refractivity (Wildman–Crippen MR) is 104 cm³/mol. The Morgan fingerprint density at radius 1 is 1.36 bits per heavy atom. The van der Waals surface area contributed by atoms with Gasteiger partial charge in [0.1, 0.15) is 5.82 Å². The number of rotatable bonds is 4. The molecular formula is C20H23Cl2FN2. The Kier molecular flexibility index (Phi) is 5.85. The number of amidine groups is 1. The van der Waals surface area contributed by atoms with E-state index >= 15 is 0 Å². The van der Waals surface area contributed by atoms with E-state index in [1.54, 1.807) is 6.07 Å². The Bertz CT molecular complexity index is 752. The van der Waals surface area contributed by atoms with Crippen molar-refractivity contribution < 1.29 is 4.39 Å². The summed E-state index contributed by atoms with van der Waals surface area (Å²) in [5, 5.41) is 4.77. The molecule has 0 saturated heterocycles. The number of hydrogen-bond donors (Lipinski definition) is 1. The molecule has 0 fully saturated rings. The second-order valence-corrected chi connectivity index (χ2v) is 7.68. The first-order valence-corrected chi connectivity index (χ1v) is 9.51. The molecule has 1 aliphatic carbocycles. The third-order valence-electron chi connectivity index (χ3n) is 4.90. The van der Waals surface area contributed by atoms with Crippen molar-refractivity contribution in [3.63, 3.8) is 0 Å². The summed E-state index contributed by atoms with van der Waals surface area (Å²) < 4.78 is 14.0. The van der Waals surface area contributed by atoms with E-state index in [1.807, 2.05) is 19.1 Å². The second kappa shape index (κ2) is 7.92. The summed E-state index contributed by atoms with van der Waals surface area (Å²) in [6.07, 6.45) is 5.50. The Labute approximate surface area is 158 Å². The summed E-state index contributed by atoms with van der Waals surface area (Å²) in [5.74, 6) is 1.16. The third kappa shape index (κ3) is 4.27. The van der Waals surface area contributed by atoms with Crippen molar-refractivity contribution in [1.82, 2.24) is 5.32 Å². The second-order valence-electron chi connectivity index (χ2n) is 6.89. The quantitative estimate of drug-likeness (QED) is 0.734. The highest BCUT2D eigenvalue weighted by molar-refractivity contribution is 6.44. The van der Waals surface area contributed by atoms with Gasteiger partial charge in [0.05, 0.1) is 21.9 Å². The number of halogens is 3. The normalized spacial score (nSPS) is 21.9. The van der Waals surface area contributed by atoms with Gasteiger partial charge in [-0.2, -0.15) is 0 Å². The summed E-state index contributed by atoms with van der Waals surface area (Å²) in [6, 6.07) is 5.20. The fraction of sp³-hybridized carbons (Fsp3) is 0.450.